The summed E-state index contributed by atoms with van der Waals surface area (Å²) in [5.74, 6) is -0.389. The number of hydrogen-bond donors (Lipinski definition) is 0. The molecule has 0 aromatic carbocycles. The molecule has 0 aromatic rings. The first-order valence-corrected chi connectivity index (χ1v) is 12.9. The molecule has 0 radical (unpaired) electrons. The minimum absolute atomic E-state index is 0.0842. The second-order valence-electron chi connectivity index (χ2n) is 8.49. The molecule has 38 heavy (non-hydrogen) atoms. The Bertz CT molecular complexity index is 573. The summed E-state index contributed by atoms with van der Waals surface area (Å²) in [6, 6.07) is 0. The molecule has 14 heteroatoms. The quantitative estimate of drug-likeness (QED) is 0.0437. The number of rotatable bonds is 29. The summed E-state index contributed by atoms with van der Waals surface area (Å²) >= 11 is 0. The Morgan fingerprint density at radius 2 is 0.842 bits per heavy atom. The van der Waals surface area contributed by atoms with E-state index in [1.165, 1.54) is 0 Å². The summed E-state index contributed by atoms with van der Waals surface area (Å²) < 4.78 is 53.3. The maximum Gasteiger partial charge on any atom is 0.332 e. The summed E-state index contributed by atoms with van der Waals surface area (Å²) in [7, 11) is 0. The van der Waals surface area contributed by atoms with E-state index in [4.69, 9.17) is 52.9 Å². The second kappa shape index (κ2) is 28.4. The molecule has 0 amide bonds. The Balaban J connectivity index is 3.10. The van der Waals surface area contributed by atoms with Crippen LogP contribution in [0, 0.1) is 0 Å². The number of carbonyl (C=O) groups is 1. The van der Waals surface area contributed by atoms with Crippen molar-refractivity contribution in [2.45, 2.75) is 26.4 Å². The smallest absolute Gasteiger partial charge is 0.332 e. The lowest BCUT2D eigenvalue weighted by molar-refractivity contribution is -0.160. The molecule has 0 rings (SSSR count). The highest BCUT2D eigenvalue weighted by molar-refractivity contribution is 5.71. The normalized spacial score (nSPS) is 11.4. The van der Waals surface area contributed by atoms with Crippen molar-refractivity contribution in [1.82, 2.24) is 0 Å². The van der Waals surface area contributed by atoms with Gasteiger partial charge in [-0.15, -0.1) is 0 Å². The molecule has 14 nitrogen and oxygen atoms in total. The van der Waals surface area contributed by atoms with Crippen molar-refractivity contribution < 1.29 is 52.2 Å². The van der Waals surface area contributed by atoms with E-state index in [0.717, 1.165) is 0 Å². The molecular formula is C24H47N3O11. The molecule has 0 aromatic heterocycles. The van der Waals surface area contributed by atoms with E-state index in [1.807, 2.05) is 20.8 Å². The summed E-state index contributed by atoms with van der Waals surface area (Å²) in [6.45, 7) is 13.4. The molecule has 0 bridgehead atoms. The van der Waals surface area contributed by atoms with Crippen LogP contribution >= 0.6 is 0 Å². The maximum atomic E-state index is 11.5. The highest BCUT2D eigenvalue weighted by atomic mass is 16.6. The molecule has 0 saturated carbocycles. The second-order valence-corrected chi connectivity index (χ2v) is 8.49. The third kappa shape index (κ3) is 32.4. The molecule has 0 fully saturated rings. The van der Waals surface area contributed by atoms with E-state index in [0.29, 0.717) is 119 Å². The van der Waals surface area contributed by atoms with E-state index in [-0.39, 0.29) is 12.6 Å². The predicted octanol–water partition coefficient (Wildman–Crippen LogP) is 1.79. The van der Waals surface area contributed by atoms with E-state index >= 15 is 0 Å². The molecule has 0 aliphatic rings. The lowest BCUT2D eigenvalue weighted by Crippen LogP contribution is -2.27. The molecular weight excluding hydrogens is 506 g/mol. The van der Waals surface area contributed by atoms with Crippen LogP contribution in [-0.4, -0.2) is 137 Å². The highest BCUT2D eigenvalue weighted by Gasteiger charge is 2.15. The fourth-order valence-corrected chi connectivity index (χ4v) is 2.44. The van der Waals surface area contributed by atoms with Gasteiger partial charge in [0.1, 0.15) is 12.2 Å². The van der Waals surface area contributed by atoms with E-state index in [9.17, 15) is 4.79 Å². The van der Waals surface area contributed by atoms with E-state index in [1.54, 1.807) is 0 Å². The third-order valence-corrected chi connectivity index (χ3v) is 4.01. The number of hydrogen-bond acceptors (Lipinski definition) is 12. The van der Waals surface area contributed by atoms with Crippen LogP contribution in [0.4, 0.5) is 0 Å². The Kier molecular flexibility index (Phi) is 27.2. The van der Waals surface area contributed by atoms with Gasteiger partial charge in [0.15, 0.2) is 0 Å². The van der Waals surface area contributed by atoms with Crippen LogP contribution in [0.5, 0.6) is 0 Å². The van der Waals surface area contributed by atoms with Gasteiger partial charge in [0, 0.05) is 11.5 Å². The fraction of sp³-hybridized carbons (Fsp3) is 0.958. The van der Waals surface area contributed by atoms with Gasteiger partial charge in [-0.3, -0.25) is 0 Å². The number of azide groups is 1. The van der Waals surface area contributed by atoms with Crippen LogP contribution in [0.2, 0.25) is 0 Å². The van der Waals surface area contributed by atoms with Gasteiger partial charge in [0.2, 0.25) is 0 Å². The van der Waals surface area contributed by atoms with Crippen molar-refractivity contribution in [1.29, 1.82) is 0 Å². The van der Waals surface area contributed by atoms with Gasteiger partial charge in [-0.05, 0) is 26.3 Å². The lowest BCUT2D eigenvalue weighted by atomic mass is 10.2. The Labute approximate surface area is 226 Å². The molecule has 0 saturated heterocycles. The van der Waals surface area contributed by atoms with Crippen molar-refractivity contribution in [3.05, 3.63) is 10.4 Å². The first-order chi connectivity index (χ1) is 18.5. The third-order valence-electron chi connectivity index (χ3n) is 4.01. The number of nitrogens with zero attached hydrogens (tertiary/aromatic N) is 3. The number of carbonyl (C=O) groups excluding carboxylic acids is 1. The highest BCUT2D eigenvalue weighted by Crippen LogP contribution is 2.06. The lowest BCUT2D eigenvalue weighted by Gasteiger charge is -2.19. The number of ether oxygens (including phenoxy) is 10. The zero-order valence-corrected chi connectivity index (χ0v) is 23.3. The van der Waals surface area contributed by atoms with Crippen molar-refractivity contribution >= 4 is 5.97 Å². The Morgan fingerprint density at radius 3 is 1.13 bits per heavy atom. The minimum Gasteiger partial charge on any atom is -0.458 e. The van der Waals surface area contributed by atoms with Crippen LogP contribution in [0.25, 0.3) is 10.4 Å². The van der Waals surface area contributed by atoms with Gasteiger partial charge in [-0.25, -0.2) is 4.79 Å². The molecule has 0 N–H and O–H groups in total. The Hall–Kier alpha value is -1.58. The SMILES string of the molecule is CC(C)(C)OC(=O)COCCOCCOCCOCCOCCOCCOCCOCCOCCN=[N+]=[N-]. The van der Waals surface area contributed by atoms with Crippen LogP contribution < -0.4 is 0 Å². The fourth-order valence-electron chi connectivity index (χ4n) is 2.44. The Morgan fingerprint density at radius 1 is 0.553 bits per heavy atom. The van der Waals surface area contributed by atoms with Gasteiger partial charge in [0.05, 0.1) is 112 Å². The van der Waals surface area contributed by atoms with Crippen LogP contribution in [0.3, 0.4) is 0 Å². The van der Waals surface area contributed by atoms with Crippen molar-refractivity contribution in [2.75, 3.05) is 125 Å². The minimum atomic E-state index is -0.510. The van der Waals surface area contributed by atoms with Crippen molar-refractivity contribution in [2.24, 2.45) is 5.11 Å². The topological polar surface area (TPSA) is 158 Å². The van der Waals surface area contributed by atoms with E-state index in [2.05, 4.69) is 10.0 Å². The first kappa shape index (κ1) is 36.4. The predicted molar refractivity (Wildman–Crippen MR) is 137 cm³/mol. The van der Waals surface area contributed by atoms with Gasteiger partial charge in [-0.1, -0.05) is 5.11 Å². The van der Waals surface area contributed by atoms with Crippen LogP contribution in [-0.2, 0) is 52.2 Å². The van der Waals surface area contributed by atoms with Gasteiger partial charge < -0.3 is 47.4 Å². The molecule has 0 unspecified atom stereocenters. The largest absolute Gasteiger partial charge is 0.458 e. The zero-order valence-electron chi connectivity index (χ0n) is 23.3. The van der Waals surface area contributed by atoms with Gasteiger partial charge in [0.25, 0.3) is 0 Å². The molecule has 0 spiro atoms. The molecule has 0 heterocycles. The monoisotopic (exact) mass is 553 g/mol. The molecule has 224 valence electrons. The summed E-state index contributed by atoms with van der Waals surface area (Å²) in [5.41, 5.74) is 7.60. The standard InChI is InChI=1S/C24H47N3O11/c1-24(2,3)38-23(28)22-37-21-20-36-19-18-35-17-16-34-15-14-33-13-12-32-11-10-31-9-8-30-7-6-29-5-4-26-27-25/h4-22H2,1-3H3. The van der Waals surface area contributed by atoms with Gasteiger partial charge in [-0.2, -0.15) is 0 Å². The van der Waals surface area contributed by atoms with Crippen molar-refractivity contribution in [3.8, 4) is 0 Å². The first-order valence-electron chi connectivity index (χ1n) is 12.9. The van der Waals surface area contributed by atoms with Crippen LogP contribution in [0.1, 0.15) is 20.8 Å². The zero-order chi connectivity index (χ0) is 28.0. The van der Waals surface area contributed by atoms with Crippen molar-refractivity contribution in [3.63, 3.8) is 0 Å². The molecule has 0 aliphatic heterocycles. The van der Waals surface area contributed by atoms with E-state index < -0.39 is 5.60 Å². The summed E-state index contributed by atoms with van der Waals surface area (Å²) in [6.07, 6.45) is 0. The van der Waals surface area contributed by atoms with Crippen LogP contribution in [0.15, 0.2) is 5.11 Å². The molecule has 0 atom stereocenters. The average molecular weight is 554 g/mol. The molecule has 0 aliphatic carbocycles. The summed E-state index contributed by atoms with van der Waals surface area (Å²) in [4.78, 5) is 14.1. The average Bonchev–Trinajstić information content (AvgIpc) is 2.86. The van der Waals surface area contributed by atoms with Gasteiger partial charge >= 0.3 is 5.97 Å². The summed E-state index contributed by atoms with van der Waals surface area (Å²) in [5, 5.41) is 3.36. The maximum absolute atomic E-state index is 11.5. The number of esters is 1.